The third-order valence-corrected chi connectivity index (χ3v) is 3.02. The van der Waals surface area contributed by atoms with Crippen molar-refractivity contribution in [2.45, 2.75) is 32.7 Å². The van der Waals surface area contributed by atoms with E-state index in [-0.39, 0.29) is 5.56 Å². The summed E-state index contributed by atoms with van der Waals surface area (Å²) < 4.78 is 0. The Bertz CT molecular complexity index is 362. The second-order valence-corrected chi connectivity index (χ2v) is 4.39. The number of anilines is 1. The lowest BCUT2D eigenvalue weighted by Crippen LogP contribution is -2.40. The van der Waals surface area contributed by atoms with E-state index in [1.807, 2.05) is 0 Å². The van der Waals surface area contributed by atoms with Gasteiger partial charge in [-0.1, -0.05) is 29.8 Å². The Morgan fingerprint density at radius 2 is 2.19 bits per heavy atom. The molecule has 90 valence electrons. The van der Waals surface area contributed by atoms with Gasteiger partial charge >= 0.3 is 0 Å². The molecule has 1 aromatic rings. The summed E-state index contributed by atoms with van der Waals surface area (Å²) in [6.07, 6.45) is 5.21. The van der Waals surface area contributed by atoms with E-state index in [1.165, 1.54) is 0 Å². The van der Waals surface area contributed by atoms with Crippen molar-refractivity contribution < 1.29 is 0 Å². The molecule has 0 spiro atoms. The Hall–Kier alpha value is -0.840. The van der Waals surface area contributed by atoms with E-state index in [0.717, 1.165) is 24.7 Å². The maximum Gasteiger partial charge on any atom is 0.290 e. The van der Waals surface area contributed by atoms with Crippen molar-refractivity contribution in [3.63, 3.8) is 0 Å². The Balaban J connectivity index is 3.01. The first-order chi connectivity index (χ1) is 7.74. The Kier molecular flexibility index (Phi) is 5.52. The summed E-state index contributed by atoms with van der Waals surface area (Å²) in [5.41, 5.74) is -0.115. The third kappa shape index (κ3) is 3.07. The van der Waals surface area contributed by atoms with Crippen LogP contribution in [0, 0.1) is 0 Å². The van der Waals surface area contributed by atoms with Gasteiger partial charge in [0, 0.05) is 30.3 Å². The molecule has 0 aliphatic rings. The van der Waals surface area contributed by atoms with Gasteiger partial charge in [0.1, 0.15) is 0 Å². The molecule has 1 heterocycles. The SMILES string of the molecule is CCC(CC)N(CCBr)c1ncc[nH]c1=O. The van der Waals surface area contributed by atoms with Crippen LogP contribution in [-0.4, -0.2) is 27.9 Å². The molecule has 0 bridgehead atoms. The lowest BCUT2D eigenvalue weighted by atomic mass is 10.1. The molecule has 0 unspecified atom stereocenters. The standard InChI is InChI=1S/C11H18BrN3O/c1-3-9(4-2)15(8-5-12)10-11(16)14-7-6-13-10/h6-7,9H,3-5,8H2,1-2H3,(H,14,16). The molecule has 1 N–H and O–H groups in total. The molecule has 4 nitrogen and oxygen atoms in total. The predicted molar refractivity (Wildman–Crippen MR) is 70.4 cm³/mol. The fourth-order valence-corrected chi connectivity index (χ4v) is 2.21. The molecule has 0 amide bonds. The van der Waals surface area contributed by atoms with E-state index in [0.29, 0.717) is 11.9 Å². The van der Waals surface area contributed by atoms with Gasteiger partial charge in [-0.3, -0.25) is 4.79 Å². The molecule has 0 aromatic carbocycles. The van der Waals surface area contributed by atoms with Crippen LogP contribution in [0.5, 0.6) is 0 Å². The second-order valence-electron chi connectivity index (χ2n) is 3.59. The topological polar surface area (TPSA) is 49.0 Å². The smallest absolute Gasteiger partial charge is 0.290 e. The van der Waals surface area contributed by atoms with Crippen LogP contribution in [0.25, 0.3) is 0 Å². The number of halogens is 1. The van der Waals surface area contributed by atoms with Crippen molar-refractivity contribution in [3.8, 4) is 0 Å². The molecule has 0 aliphatic carbocycles. The van der Waals surface area contributed by atoms with E-state index < -0.39 is 0 Å². The minimum Gasteiger partial charge on any atom is -0.348 e. The van der Waals surface area contributed by atoms with E-state index >= 15 is 0 Å². The van der Waals surface area contributed by atoms with Crippen LogP contribution in [0.15, 0.2) is 17.2 Å². The molecule has 5 heteroatoms. The first kappa shape index (κ1) is 13.2. The van der Waals surface area contributed by atoms with Gasteiger partial charge in [-0.15, -0.1) is 0 Å². The van der Waals surface area contributed by atoms with Crippen LogP contribution in [-0.2, 0) is 0 Å². The number of nitrogens with zero attached hydrogens (tertiary/aromatic N) is 2. The highest BCUT2D eigenvalue weighted by Crippen LogP contribution is 2.14. The van der Waals surface area contributed by atoms with Crippen molar-refractivity contribution in [2.24, 2.45) is 0 Å². The number of rotatable bonds is 6. The average molecular weight is 288 g/mol. The molecule has 0 radical (unpaired) electrons. The minimum atomic E-state index is -0.115. The number of aromatic amines is 1. The molecule has 0 saturated heterocycles. The van der Waals surface area contributed by atoms with Crippen LogP contribution >= 0.6 is 15.9 Å². The zero-order valence-electron chi connectivity index (χ0n) is 9.74. The highest BCUT2D eigenvalue weighted by Gasteiger charge is 2.18. The molecular formula is C11H18BrN3O. The monoisotopic (exact) mass is 287 g/mol. The molecule has 1 rings (SSSR count). The van der Waals surface area contributed by atoms with Crippen LogP contribution in [0.1, 0.15) is 26.7 Å². The van der Waals surface area contributed by atoms with Crippen LogP contribution in [0.4, 0.5) is 5.82 Å². The number of alkyl halides is 1. The number of H-pyrrole nitrogens is 1. The maximum atomic E-state index is 11.7. The van der Waals surface area contributed by atoms with E-state index in [2.05, 4.69) is 44.6 Å². The Morgan fingerprint density at radius 3 is 2.69 bits per heavy atom. The van der Waals surface area contributed by atoms with Gasteiger partial charge in [0.2, 0.25) is 0 Å². The zero-order chi connectivity index (χ0) is 12.0. The van der Waals surface area contributed by atoms with Gasteiger partial charge in [-0.25, -0.2) is 4.98 Å². The summed E-state index contributed by atoms with van der Waals surface area (Å²) in [5.74, 6) is 0.524. The van der Waals surface area contributed by atoms with Gasteiger partial charge in [0.25, 0.3) is 5.56 Å². The zero-order valence-corrected chi connectivity index (χ0v) is 11.3. The number of nitrogens with one attached hydrogen (secondary N) is 1. The van der Waals surface area contributed by atoms with E-state index in [1.54, 1.807) is 12.4 Å². The summed E-state index contributed by atoms with van der Waals surface area (Å²) in [6, 6.07) is 0.369. The molecule has 0 atom stereocenters. The minimum absolute atomic E-state index is 0.115. The highest BCUT2D eigenvalue weighted by molar-refractivity contribution is 9.09. The van der Waals surface area contributed by atoms with Gasteiger partial charge in [0.15, 0.2) is 5.82 Å². The third-order valence-electron chi connectivity index (χ3n) is 2.67. The number of hydrogen-bond acceptors (Lipinski definition) is 3. The fraction of sp³-hybridized carbons (Fsp3) is 0.636. The lowest BCUT2D eigenvalue weighted by molar-refractivity contribution is 0.561. The van der Waals surface area contributed by atoms with Crippen molar-refractivity contribution in [2.75, 3.05) is 16.8 Å². The molecule has 16 heavy (non-hydrogen) atoms. The van der Waals surface area contributed by atoms with Crippen LogP contribution in [0.2, 0.25) is 0 Å². The maximum absolute atomic E-state index is 11.7. The van der Waals surface area contributed by atoms with Gasteiger partial charge < -0.3 is 9.88 Å². The van der Waals surface area contributed by atoms with Crippen LogP contribution < -0.4 is 10.5 Å². The number of hydrogen-bond donors (Lipinski definition) is 1. The van der Waals surface area contributed by atoms with E-state index in [4.69, 9.17) is 0 Å². The summed E-state index contributed by atoms with van der Waals surface area (Å²) in [7, 11) is 0. The number of aromatic nitrogens is 2. The molecule has 1 aromatic heterocycles. The summed E-state index contributed by atoms with van der Waals surface area (Å²) in [4.78, 5) is 20.6. The van der Waals surface area contributed by atoms with Crippen molar-refractivity contribution in [1.82, 2.24) is 9.97 Å². The second kappa shape index (κ2) is 6.68. The Morgan fingerprint density at radius 1 is 1.50 bits per heavy atom. The van der Waals surface area contributed by atoms with Crippen molar-refractivity contribution >= 4 is 21.7 Å². The van der Waals surface area contributed by atoms with Crippen LogP contribution in [0.3, 0.4) is 0 Å². The molecule has 0 aliphatic heterocycles. The largest absolute Gasteiger partial charge is 0.348 e. The quantitative estimate of drug-likeness (QED) is 0.816. The van der Waals surface area contributed by atoms with Crippen molar-refractivity contribution in [3.05, 3.63) is 22.7 Å². The first-order valence-corrected chi connectivity index (χ1v) is 6.73. The van der Waals surface area contributed by atoms with Gasteiger partial charge in [0.05, 0.1) is 0 Å². The summed E-state index contributed by atoms with van der Waals surface area (Å²) in [6.45, 7) is 5.06. The normalized spacial score (nSPS) is 10.8. The summed E-state index contributed by atoms with van der Waals surface area (Å²) in [5, 5.41) is 0.833. The van der Waals surface area contributed by atoms with Gasteiger partial charge in [-0.2, -0.15) is 0 Å². The van der Waals surface area contributed by atoms with Gasteiger partial charge in [-0.05, 0) is 12.8 Å². The van der Waals surface area contributed by atoms with E-state index in [9.17, 15) is 4.79 Å². The molecule has 0 fully saturated rings. The lowest BCUT2D eigenvalue weighted by Gasteiger charge is -2.30. The first-order valence-electron chi connectivity index (χ1n) is 5.60. The predicted octanol–water partition coefficient (Wildman–Crippen LogP) is 2.16. The Labute approximate surface area is 104 Å². The highest BCUT2D eigenvalue weighted by atomic mass is 79.9. The molecule has 0 saturated carbocycles. The fourth-order valence-electron chi connectivity index (χ4n) is 1.83. The summed E-state index contributed by atoms with van der Waals surface area (Å²) >= 11 is 3.42. The molecular weight excluding hydrogens is 270 g/mol. The average Bonchev–Trinajstić information content (AvgIpc) is 2.30. The van der Waals surface area contributed by atoms with Crippen molar-refractivity contribution in [1.29, 1.82) is 0 Å².